The number of rotatable bonds is 6. The minimum absolute atomic E-state index is 0. The summed E-state index contributed by atoms with van der Waals surface area (Å²) in [5.41, 5.74) is 10.3. The van der Waals surface area contributed by atoms with Gasteiger partial charge in [0.15, 0.2) is 0 Å². The first-order chi connectivity index (χ1) is 28.0. The van der Waals surface area contributed by atoms with Crippen molar-refractivity contribution in [3.8, 4) is 73.6 Å². The first kappa shape index (κ1) is 49.9. The molecule has 0 saturated heterocycles. The fraction of sp³-hybridized carbons (Fsp3) is 0.0213. The predicted molar refractivity (Wildman–Crippen MR) is 232 cm³/mol. The molecule has 0 bridgehead atoms. The van der Waals surface area contributed by atoms with Crippen molar-refractivity contribution >= 4 is 34.8 Å². The number of hydrogen-bond donors (Lipinski definition) is 0. The molecular formula is C47H33Ag3Cl3N7. The maximum Gasteiger partial charge on any atom is 1.00 e. The van der Waals surface area contributed by atoms with Crippen LogP contribution in [0.25, 0.3) is 67.5 Å². The van der Waals surface area contributed by atoms with Gasteiger partial charge in [0.1, 0.15) is 0 Å². The third kappa shape index (κ3) is 13.0. The Kier molecular flexibility index (Phi) is 21.6. The quantitative estimate of drug-likeness (QED) is 0.153. The van der Waals surface area contributed by atoms with Gasteiger partial charge in [-0.2, -0.15) is 5.26 Å². The maximum absolute atomic E-state index is 7.32. The molecule has 0 spiro atoms. The summed E-state index contributed by atoms with van der Waals surface area (Å²) in [7, 11) is 0. The molecule has 6 aromatic carbocycles. The van der Waals surface area contributed by atoms with Crippen molar-refractivity contribution in [3.63, 3.8) is 0 Å². The van der Waals surface area contributed by atoms with Gasteiger partial charge in [-0.05, 0) is 33.4 Å². The zero-order chi connectivity index (χ0) is 39.8. The molecule has 0 fully saturated rings. The molecule has 0 N–H and O–H groups in total. The van der Waals surface area contributed by atoms with E-state index < -0.39 is 0 Å². The molecule has 0 aliphatic carbocycles. The molecule has 13 heteroatoms. The molecular weight excluding hydrogens is 1090 g/mol. The second-order valence-corrected chi connectivity index (χ2v) is 13.2. The zero-order valence-corrected chi connectivity index (χ0v) is 38.2. The van der Waals surface area contributed by atoms with Gasteiger partial charge >= 0.3 is 67.1 Å². The Labute approximate surface area is 411 Å². The van der Waals surface area contributed by atoms with E-state index in [0.717, 1.165) is 67.5 Å². The van der Waals surface area contributed by atoms with Crippen LogP contribution in [0.15, 0.2) is 182 Å². The molecule has 0 saturated carbocycles. The number of benzene rings is 6. The summed E-state index contributed by atoms with van der Waals surface area (Å²) in [4.78, 5) is 0. The Morgan fingerprint density at radius 3 is 0.700 bits per heavy atom. The molecule has 3 heterocycles. The number of nitriles is 1. The molecule has 60 heavy (non-hydrogen) atoms. The number of nitrogens with zero attached hydrogens (tertiary/aromatic N) is 7. The summed E-state index contributed by atoms with van der Waals surface area (Å²) in [6.07, 6.45) is 0. The Bertz CT molecular complexity index is 2170. The van der Waals surface area contributed by atoms with Crippen molar-refractivity contribution in [3.05, 3.63) is 197 Å². The van der Waals surface area contributed by atoms with Crippen molar-refractivity contribution < 1.29 is 67.1 Å². The van der Waals surface area contributed by atoms with Crippen molar-refractivity contribution in [1.29, 1.82) is 5.26 Å². The number of halogens is 3. The number of aromatic nitrogens is 6. The van der Waals surface area contributed by atoms with Crippen molar-refractivity contribution in [1.82, 2.24) is 30.6 Å². The van der Waals surface area contributed by atoms with Crippen molar-refractivity contribution in [2.75, 3.05) is 0 Å². The Morgan fingerprint density at radius 1 is 0.350 bits per heavy atom. The van der Waals surface area contributed by atoms with E-state index in [4.69, 9.17) is 40.1 Å². The van der Waals surface area contributed by atoms with Gasteiger partial charge in [-0.3, -0.25) is 0 Å². The van der Waals surface area contributed by atoms with E-state index in [1.54, 1.807) is 6.07 Å². The fourth-order valence-electron chi connectivity index (χ4n) is 5.58. The van der Waals surface area contributed by atoms with Crippen LogP contribution < -0.4 is 15.3 Å². The standard InChI is InChI=1S/3C15H10ClN2.C2H3N.3Ag/c3*16-13-14(11-7-3-1-4-8-11)17-18-15(13)12-9-5-2-6-10-12;1-2-3;;;/h3*1-10H;1H3;;;/q3*-1;;3*+1. The van der Waals surface area contributed by atoms with Crippen LogP contribution in [0.2, 0.25) is 15.1 Å². The Morgan fingerprint density at radius 2 is 0.517 bits per heavy atom. The molecule has 9 aromatic rings. The summed E-state index contributed by atoms with van der Waals surface area (Å²) in [6, 6.07) is 60.8. The van der Waals surface area contributed by atoms with Crippen LogP contribution in [0, 0.1) is 11.3 Å². The third-order valence-corrected chi connectivity index (χ3v) is 9.35. The van der Waals surface area contributed by atoms with E-state index in [-0.39, 0.29) is 67.1 Å². The van der Waals surface area contributed by atoms with E-state index >= 15 is 0 Å². The summed E-state index contributed by atoms with van der Waals surface area (Å²) in [5.74, 6) is 0. The molecule has 0 amide bonds. The first-order valence-corrected chi connectivity index (χ1v) is 18.8. The van der Waals surface area contributed by atoms with Crippen molar-refractivity contribution in [2.24, 2.45) is 0 Å². The average molecular weight is 1130 g/mol. The second-order valence-electron chi connectivity index (χ2n) is 12.1. The van der Waals surface area contributed by atoms with Crippen LogP contribution in [0.3, 0.4) is 0 Å². The maximum atomic E-state index is 7.32. The van der Waals surface area contributed by atoms with Crippen LogP contribution in [0.5, 0.6) is 0 Å². The van der Waals surface area contributed by atoms with E-state index in [1.807, 2.05) is 182 Å². The molecule has 0 atom stereocenters. The van der Waals surface area contributed by atoms with Gasteiger partial charge < -0.3 is 30.6 Å². The van der Waals surface area contributed by atoms with E-state index in [0.29, 0.717) is 15.1 Å². The average Bonchev–Trinajstić information content (AvgIpc) is 3.99. The van der Waals surface area contributed by atoms with Gasteiger partial charge in [-0.1, -0.05) is 234 Å². The van der Waals surface area contributed by atoms with Crippen LogP contribution >= 0.6 is 34.8 Å². The predicted octanol–water partition coefficient (Wildman–Crippen LogP) is 12.6. The second kappa shape index (κ2) is 26.0. The minimum Gasteiger partial charge on any atom is -0.573 e. The van der Waals surface area contributed by atoms with Crippen molar-refractivity contribution in [2.45, 2.75) is 6.92 Å². The van der Waals surface area contributed by atoms with Gasteiger partial charge in [0.05, 0.1) is 38.2 Å². The first-order valence-electron chi connectivity index (χ1n) is 17.7. The van der Waals surface area contributed by atoms with Crippen LogP contribution in [-0.2, 0) is 67.1 Å². The van der Waals surface area contributed by atoms with Gasteiger partial charge in [0.2, 0.25) is 0 Å². The molecule has 3 aromatic heterocycles. The van der Waals surface area contributed by atoms with E-state index in [9.17, 15) is 0 Å². The third-order valence-electron chi connectivity index (χ3n) is 8.28. The van der Waals surface area contributed by atoms with E-state index in [1.165, 1.54) is 6.92 Å². The largest absolute Gasteiger partial charge is 1.00 e. The molecule has 0 aliphatic rings. The summed E-state index contributed by atoms with van der Waals surface area (Å²) in [5, 5.41) is 34.2. The Hall–Kier alpha value is -4.47. The molecule has 0 unspecified atom stereocenters. The molecule has 310 valence electrons. The van der Waals surface area contributed by atoms with Gasteiger partial charge in [-0.25, -0.2) is 0 Å². The molecule has 9 rings (SSSR count). The summed E-state index contributed by atoms with van der Waals surface area (Å²) in [6.45, 7) is 1.43. The van der Waals surface area contributed by atoms with Crippen LogP contribution in [0.4, 0.5) is 0 Å². The molecule has 0 aliphatic heterocycles. The topological polar surface area (TPSA) is 105 Å². The normalized spacial score (nSPS) is 9.58. The van der Waals surface area contributed by atoms with Crippen LogP contribution in [-0.4, -0.2) is 15.3 Å². The van der Waals surface area contributed by atoms with Gasteiger partial charge in [0, 0.05) is 6.92 Å². The minimum atomic E-state index is 0. The zero-order valence-electron chi connectivity index (χ0n) is 31.5. The monoisotopic (exact) mass is 1120 g/mol. The summed E-state index contributed by atoms with van der Waals surface area (Å²) >= 11 is 19.1. The number of hydrogen-bond acceptors (Lipinski definition) is 4. The van der Waals surface area contributed by atoms with E-state index in [2.05, 4.69) is 30.6 Å². The van der Waals surface area contributed by atoms with Gasteiger partial charge in [-0.15, -0.1) is 0 Å². The molecule has 0 radical (unpaired) electrons. The summed E-state index contributed by atoms with van der Waals surface area (Å²) < 4.78 is 0. The smallest absolute Gasteiger partial charge is 0.573 e. The SMILES string of the molecule is CC#N.Clc1c(-c2ccccc2)n[n-]c1-c1ccccc1.Clc1c(-c2ccccc2)n[n-]c1-c1ccccc1.Clc1c(-c2ccccc2)n[n-]c1-c1ccccc1.[Ag+].[Ag+].[Ag+]. The Balaban J connectivity index is 0.000000227. The van der Waals surface area contributed by atoms with Crippen LogP contribution in [0.1, 0.15) is 6.92 Å². The van der Waals surface area contributed by atoms with Gasteiger partial charge in [0.25, 0.3) is 0 Å². The fourth-order valence-corrected chi connectivity index (χ4v) is 6.46. The molecule has 7 nitrogen and oxygen atoms in total.